The van der Waals surface area contributed by atoms with E-state index >= 15 is 0 Å². The van der Waals surface area contributed by atoms with Crippen LogP contribution in [0.15, 0.2) is 36.5 Å². The molecule has 0 atom stereocenters. The molecule has 0 fully saturated rings. The lowest BCUT2D eigenvalue weighted by Gasteiger charge is -2.01. The van der Waals surface area contributed by atoms with Gasteiger partial charge in [-0.2, -0.15) is 0 Å². The fourth-order valence-corrected chi connectivity index (χ4v) is 1.42. The van der Waals surface area contributed by atoms with Crippen LogP contribution in [-0.2, 0) is 4.79 Å². The number of carbonyl (C=O) groups is 1. The maximum atomic E-state index is 13.8. The molecule has 1 aromatic carbocycles. The molecular formula is C12H8FNO2. The SMILES string of the molecule is O=C(O)/C=C/c1ccc2ncccc2c1F. The summed E-state index contributed by atoms with van der Waals surface area (Å²) >= 11 is 0. The van der Waals surface area contributed by atoms with Crippen molar-refractivity contribution in [1.82, 2.24) is 4.98 Å². The van der Waals surface area contributed by atoms with Crippen LogP contribution in [0.3, 0.4) is 0 Å². The second kappa shape index (κ2) is 4.10. The van der Waals surface area contributed by atoms with Gasteiger partial charge in [0, 0.05) is 23.2 Å². The third-order valence-electron chi connectivity index (χ3n) is 2.15. The molecular weight excluding hydrogens is 209 g/mol. The van der Waals surface area contributed by atoms with Gasteiger partial charge in [-0.3, -0.25) is 4.98 Å². The predicted octanol–water partition coefficient (Wildman–Crippen LogP) is 2.47. The van der Waals surface area contributed by atoms with Crippen LogP contribution < -0.4 is 0 Å². The number of hydrogen-bond donors (Lipinski definition) is 1. The maximum absolute atomic E-state index is 13.8. The Balaban J connectivity index is 2.56. The molecule has 1 N–H and O–H groups in total. The van der Waals surface area contributed by atoms with Crippen LogP contribution in [0, 0.1) is 5.82 Å². The quantitative estimate of drug-likeness (QED) is 0.786. The van der Waals surface area contributed by atoms with Gasteiger partial charge >= 0.3 is 5.97 Å². The Bertz CT molecular complexity index is 578. The first-order valence-corrected chi connectivity index (χ1v) is 4.63. The van der Waals surface area contributed by atoms with Gasteiger partial charge in [0.1, 0.15) is 5.82 Å². The van der Waals surface area contributed by atoms with E-state index < -0.39 is 11.8 Å². The van der Waals surface area contributed by atoms with Crippen molar-refractivity contribution >= 4 is 22.9 Å². The van der Waals surface area contributed by atoms with Crippen LogP contribution in [0.2, 0.25) is 0 Å². The second-order valence-electron chi connectivity index (χ2n) is 3.21. The van der Waals surface area contributed by atoms with Crippen LogP contribution in [0.5, 0.6) is 0 Å². The first kappa shape index (κ1) is 10.3. The summed E-state index contributed by atoms with van der Waals surface area (Å²) in [6, 6.07) is 6.40. The predicted molar refractivity (Wildman–Crippen MR) is 58.4 cm³/mol. The van der Waals surface area contributed by atoms with Crippen LogP contribution in [0.4, 0.5) is 4.39 Å². The molecule has 1 heterocycles. The van der Waals surface area contributed by atoms with Crippen molar-refractivity contribution in [3.63, 3.8) is 0 Å². The van der Waals surface area contributed by atoms with Crippen molar-refractivity contribution in [1.29, 1.82) is 0 Å². The lowest BCUT2D eigenvalue weighted by molar-refractivity contribution is -0.131. The van der Waals surface area contributed by atoms with Gasteiger partial charge in [0.25, 0.3) is 0 Å². The zero-order chi connectivity index (χ0) is 11.5. The first-order valence-electron chi connectivity index (χ1n) is 4.63. The molecule has 80 valence electrons. The standard InChI is InChI=1S/C12H8FNO2/c13-12-8(4-6-11(15)16)3-5-10-9(12)2-1-7-14-10/h1-7H,(H,15,16)/b6-4+. The van der Waals surface area contributed by atoms with Gasteiger partial charge in [0.15, 0.2) is 0 Å². The highest BCUT2D eigenvalue weighted by Gasteiger charge is 2.05. The molecule has 2 rings (SSSR count). The zero-order valence-corrected chi connectivity index (χ0v) is 8.22. The highest BCUT2D eigenvalue weighted by Crippen LogP contribution is 2.19. The first-order chi connectivity index (χ1) is 7.68. The van der Waals surface area contributed by atoms with Gasteiger partial charge in [-0.25, -0.2) is 9.18 Å². The van der Waals surface area contributed by atoms with Crippen LogP contribution in [-0.4, -0.2) is 16.1 Å². The average Bonchev–Trinajstić information content (AvgIpc) is 2.28. The van der Waals surface area contributed by atoms with E-state index in [0.29, 0.717) is 10.9 Å². The largest absolute Gasteiger partial charge is 0.478 e. The van der Waals surface area contributed by atoms with Gasteiger partial charge in [0.2, 0.25) is 0 Å². The van der Waals surface area contributed by atoms with Crippen molar-refractivity contribution in [3.05, 3.63) is 47.9 Å². The molecule has 0 bridgehead atoms. The lowest BCUT2D eigenvalue weighted by atomic mass is 10.1. The number of nitrogens with zero attached hydrogens (tertiary/aromatic N) is 1. The van der Waals surface area contributed by atoms with Crippen LogP contribution in [0.25, 0.3) is 17.0 Å². The number of carboxylic acids is 1. The minimum atomic E-state index is -1.11. The highest BCUT2D eigenvalue weighted by molar-refractivity contribution is 5.87. The van der Waals surface area contributed by atoms with Crippen LogP contribution in [0.1, 0.15) is 5.56 Å². The minimum Gasteiger partial charge on any atom is -0.478 e. The molecule has 0 radical (unpaired) electrons. The summed E-state index contributed by atoms with van der Waals surface area (Å²) in [5, 5.41) is 8.84. The minimum absolute atomic E-state index is 0.239. The van der Waals surface area contributed by atoms with E-state index in [4.69, 9.17) is 5.11 Å². The van der Waals surface area contributed by atoms with E-state index in [1.54, 1.807) is 24.4 Å². The number of pyridine rings is 1. The molecule has 16 heavy (non-hydrogen) atoms. The van der Waals surface area contributed by atoms with E-state index in [0.717, 1.165) is 6.08 Å². The lowest BCUT2D eigenvalue weighted by Crippen LogP contribution is -1.89. The summed E-state index contributed by atoms with van der Waals surface area (Å²) in [6.07, 6.45) is 3.71. The highest BCUT2D eigenvalue weighted by atomic mass is 19.1. The Morgan fingerprint density at radius 1 is 1.38 bits per heavy atom. The molecule has 0 aliphatic carbocycles. The topological polar surface area (TPSA) is 50.2 Å². The van der Waals surface area contributed by atoms with Crippen molar-refractivity contribution in [2.24, 2.45) is 0 Å². The van der Waals surface area contributed by atoms with Gasteiger partial charge in [-0.1, -0.05) is 0 Å². The fourth-order valence-electron chi connectivity index (χ4n) is 1.42. The average molecular weight is 217 g/mol. The molecule has 3 nitrogen and oxygen atoms in total. The van der Waals surface area contributed by atoms with Crippen LogP contribution >= 0.6 is 0 Å². The summed E-state index contributed by atoms with van der Waals surface area (Å²) in [6.45, 7) is 0. The fraction of sp³-hybridized carbons (Fsp3) is 0. The molecule has 0 aliphatic rings. The van der Waals surface area contributed by atoms with E-state index in [1.807, 2.05) is 0 Å². The Labute approximate surface area is 90.9 Å². The van der Waals surface area contributed by atoms with Gasteiger partial charge in [-0.15, -0.1) is 0 Å². The monoisotopic (exact) mass is 217 g/mol. The molecule has 0 spiro atoms. The number of fused-ring (bicyclic) bond motifs is 1. The Kier molecular flexibility index (Phi) is 2.64. The summed E-state index contributed by atoms with van der Waals surface area (Å²) in [5.74, 6) is -1.56. The number of halogens is 1. The number of aromatic nitrogens is 1. The summed E-state index contributed by atoms with van der Waals surface area (Å²) in [5.41, 5.74) is 0.787. The second-order valence-corrected chi connectivity index (χ2v) is 3.21. The summed E-state index contributed by atoms with van der Waals surface area (Å²) < 4.78 is 13.8. The normalized spacial score (nSPS) is 11.1. The van der Waals surface area contributed by atoms with E-state index in [-0.39, 0.29) is 5.56 Å². The molecule has 0 saturated heterocycles. The maximum Gasteiger partial charge on any atom is 0.328 e. The Morgan fingerprint density at radius 2 is 2.19 bits per heavy atom. The molecule has 0 aliphatic heterocycles. The van der Waals surface area contributed by atoms with Crippen molar-refractivity contribution in [2.45, 2.75) is 0 Å². The molecule has 2 aromatic rings. The Hall–Kier alpha value is -2.23. The van der Waals surface area contributed by atoms with E-state index in [9.17, 15) is 9.18 Å². The molecule has 0 unspecified atom stereocenters. The molecule has 1 aromatic heterocycles. The Morgan fingerprint density at radius 3 is 2.94 bits per heavy atom. The van der Waals surface area contributed by atoms with Crippen molar-refractivity contribution in [3.8, 4) is 0 Å². The van der Waals surface area contributed by atoms with Gasteiger partial charge in [0.05, 0.1) is 5.52 Å². The number of hydrogen-bond acceptors (Lipinski definition) is 2. The molecule has 4 heteroatoms. The number of carboxylic acid groups (broad SMARTS) is 1. The third-order valence-corrected chi connectivity index (χ3v) is 2.15. The van der Waals surface area contributed by atoms with E-state index in [2.05, 4.69) is 4.98 Å². The number of rotatable bonds is 2. The molecule has 0 amide bonds. The van der Waals surface area contributed by atoms with Crippen molar-refractivity contribution in [2.75, 3.05) is 0 Å². The molecule has 0 saturated carbocycles. The van der Waals surface area contributed by atoms with Gasteiger partial charge < -0.3 is 5.11 Å². The zero-order valence-electron chi connectivity index (χ0n) is 8.22. The smallest absolute Gasteiger partial charge is 0.328 e. The number of aliphatic carboxylic acids is 1. The summed E-state index contributed by atoms with van der Waals surface area (Å²) in [7, 11) is 0. The third kappa shape index (κ3) is 1.91. The van der Waals surface area contributed by atoms with Gasteiger partial charge in [-0.05, 0) is 30.3 Å². The van der Waals surface area contributed by atoms with E-state index in [1.165, 1.54) is 12.1 Å². The summed E-state index contributed by atoms with van der Waals surface area (Å²) in [4.78, 5) is 14.3. The van der Waals surface area contributed by atoms with Crippen molar-refractivity contribution < 1.29 is 14.3 Å². The number of benzene rings is 1.